The van der Waals surface area contributed by atoms with Crippen molar-refractivity contribution < 1.29 is 24.2 Å². The standard InChI is InChI=1S/C13H18N2O5S/c1-13-3-2-10(16)15(13)8(7-21-13)11(17)14-4-5-20-9(6-14)12(18)19/h8-9H,2-7H2,1H3,(H,18,19)/t8-,9-,13+/m1/s1. The number of morpholine rings is 1. The van der Waals surface area contributed by atoms with Crippen LogP contribution in [0.1, 0.15) is 19.8 Å². The van der Waals surface area contributed by atoms with E-state index in [1.165, 1.54) is 4.90 Å². The van der Waals surface area contributed by atoms with Crippen molar-refractivity contribution >= 4 is 29.5 Å². The first-order valence-corrected chi connectivity index (χ1v) is 8.00. The van der Waals surface area contributed by atoms with Crippen molar-refractivity contribution in [1.82, 2.24) is 9.80 Å². The normalized spacial score (nSPS) is 36.0. The first kappa shape index (κ1) is 14.6. The Morgan fingerprint density at radius 2 is 2.24 bits per heavy atom. The molecule has 116 valence electrons. The van der Waals surface area contributed by atoms with Gasteiger partial charge in [-0.3, -0.25) is 9.59 Å². The summed E-state index contributed by atoms with van der Waals surface area (Å²) in [5.41, 5.74) is 0. The van der Waals surface area contributed by atoms with Crippen molar-refractivity contribution in [2.45, 2.75) is 36.8 Å². The largest absolute Gasteiger partial charge is 0.479 e. The Morgan fingerprint density at radius 3 is 2.95 bits per heavy atom. The van der Waals surface area contributed by atoms with E-state index in [1.807, 2.05) is 6.92 Å². The highest BCUT2D eigenvalue weighted by atomic mass is 32.2. The van der Waals surface area contributed by atoms with Crippen LogP contribution in [0.15, 0.2) is 0 Å². The van der Waals surface area contributed by atoms with Crippen molar-refractivity contribution in [1.29, 1.82) is 0 Å². The molecule has 0 aromatic rings. The molecule has 3 fully saturated rings. The van der Waals surface area contributed by atoms with Gasteiger partial charge in [-0.2, -0.15) is 0 Å². The van der Waals surface area contributed by atoms with Gasteiger partial charge in [0, 0.05) is 18.7 Å². The van der Waals surface area contributed by atoms with Crippen LogP contribution in [0.5, 0.6) is 0 Å². The van der Waals surface area contributed by atoms with Gasteiger partial charge in [0.2, 0.25) is 11.8 Å². The summed E-state index contributed by atoms with van der Waals surface area (Å²) in [6.07, 6.45) is 0.271. The van der Waals surface area contributed by atoms with Crippen LogP contribution in [-0.4, -0.2) is 75.2 Å². The first-order valence-electron chi connectivity index (χ1n) is 7.02. The van der Waals surface area contributed by atoms with E-state index < -0.39 is 18.1 Å². The van der Waals surface area contributed by atoms with Crippen molar-refractivity contribution in [3.63, 3.8) is 0 Å². The second-order valence-corrected chi connectivity index (χ2v) is 7.25. The van der Waals surface area contributed by atoms with Gasteiger partial charge in [-0.15, -0.1) is 11.8 Å². The maximum atomic E-state index is 12.7. The predicted octanol–water partition coefficient (Wildman–Crippen LogP) is -0.248. The summed E-state index contributed by atoms with van der Waals surface area (Å²) in [6.45, 7) is 2.64. The molecule has 0 aliphatic carbocycles. The number of carboxylic acids is 1. The molecular formula is C13H18N2O5S. The van der Waals surface area contributed by atoms with Gasteiger partial charge in [0.05, 0.1) is 18.0 Å². The summed E-state index contributed by atoms with van der Waals surface area (Å²) >= 11 is 1.64. The van der Waals surface area contributed by atoms with E-state index in [4.69, 9.17) is 9.84 Å². The van der Waals surface area contributed by atoms with Gasteiger partial charge in [0.15, 0.2) is 6.10 Å². The zero-order valence-corrected chi connectivity index (χ0v) is 12.6. The Hall–Kier alpha value is -1.28. The molecule has 8 heteroatoms. The van der Waals surface area contributed by atoms with Gasteiger partial charge >= 0.3 is 5.97 Å². The van der Waals surface area contributed by atoms with E-state index >= 15 is 0 Å². The second-order valence-electron chi connectivity index (χ2n) is 5.75. The second kappa shape index (κ2) is 5.17. The Morgan fingerprint density at radius 1 is 1.48 bits per heavy atom. The summed E-state index contributed by atoms with van der Waals surface area (Å²) < 4.78 is 5.13. The minimum absolute atomic E-state index is 0.0175. The number of nitrogens with zero attached hydrogens (tertiary/aromatic N) is 2. The van der Waals surface area contributed by atoms with E-state index in [-0.39, 0.29) is 29.8 Å². The third-order valence-electron chi connectivity index (χ3n) is 4.38. The van der Waals surface area contributed by atoms with Crippen molar-refractivity contribution in [3.8, 4) is 0 Å². The number of carbonyl (C=O) groups excluding carboxylic acids is 2. The third kappa shape index (κ3) is 2.40. The maximum Gasteiger partial charge on any atom is 0.334 e. The van der Waals surface area contributed by atoms with Gasteiger partial charge in [-0.1, -0.05) is 0 Å². The topological polar surface area (TPSA) is 87.2 Å². The number of hydrogen-bond acceptors (Lipinski definition) is 5. The number of fused-ring (bicyclic) bond motifs is 1. The van der Waals surface area contributed by atoms with E-state index in [0.29, 0.717) is 18.7 Å². The molecule has 3 saturated heterocycles. The average Bonchev–Trinajstić information content (AvgIpc) is 2.95. The molecule has 2 amide bonds. The number of hydrogen-bond donors (Lipinski definition) is 1. The van der Waals surface area contributed by atoms with E-state index in [0.717, 1.165) is 6.42 Å². The van der Waals surface area contributed by atoms with Crippen LogP contribution in [0.25, 0.3) is 0 Å². The zero-order valence-electron chi connectivity index (χ0n) is 11.8. The zero-order chi connectivity index (χ0) is 15.2. The molecule has 3 aliphatic heterocycles. The molecule has 7 nitrogen and oxygen atoms in total. The number of thioether (sulfide) groups is 1. The van der Waals surface area contributed by atoms with Gasteiger partial charge in [-0.25, -0.2) is 4.79 Å². The summed E-state index contributed by atoms with van der Waals surface area (Å²) in [5, 5.41) is 9.00. The molecule has 0 spiro atoms. The number of amides is 2. The lowest BCUT2D eigenvalue weighted by Crippen LogP contribution is -2.56. The fourth-order valence-corrected chi connectivity index (χ4v) is 4.64. The lowest BCUT2D eigenvalue weighted by atomic mass is 10.1. The monoisotopic (exact) mass is 314 g/mol. The molecular weight excluding hydrogens is 296 g/mol. The molecule has 21 heavy (non-hydrogen) atoms. The van der Waals surface area contributed by atoms with Crippen LogP contribution < -0.4 is 0 Å². The molecule has 0 saturated carbocycles. The minimum atomic E-state index is -1.06. The Bertz CT molecular complexity index is 499. The molecule has 0 radical (unpaired) electrons. The van der Waals surface area contributed by atoms with E-state index in [9.17, 15) is 14.4 Å². The number of carboxylic acid groups (broad SMARTS) is 1. The van der Waals surface area contributed by atoms with Crippen LogP contribution >= 0.6 is 11.8 Å². The highest BCUT2D eigenvalue weighted by molar-refractivity contribution is 8.01. The SMILES string of the molecule is C[C@]12CCC(=O)N1[C@@H](C(=O)N1CCO[C@@H](C(=O)O)C1)CS2. The highest BCUT2D eigenvalue weighted by Crippen LogP contribution is 2.47. The van der Waals surface area contributed by atoms with Crippen LogP contribution in [0.4, 0.5) is 0 Å². The lowest BCUT2D eigenvalue weighted by molar-refractivity contribution is -0.161. The number of rotatable bonds is 2. The Labute approximate surface area is 126 Å². The summed E-state index contributed by atoms with van der Waals surface area (Å²) in [6, 6.07) is -0.470. The fraction of sp³-hybridized carbons (Fsp3) is 0.769. The van der Waals surface area contributed by atoms with Gasteiger partial charge in [-0.05, 0) is 13.3 Å². The summed E-state index contributed by atoms with van der Waals surface area (Å²) in [4.78, 5) is 38.7. The van der Waals surface area contributed by atoms with E-state index in [1.54, 1.807) is 16.7 Å². The Balaban J connectivity index is 1.73. The molecule has 3 aliphatic rings. The van der Waals surface area contributed by atoms with E-state index in [2.05, 4.69) is 0 Å². The molecule has 0 unspecified atom stereocenters. The lowest BCUT2D eigenvalue weighted by Gasteiger charge is -2.36. The maximum absolute atomic E-state index is 12.7. The first-order chi connectivity index (χ1) is 9.92. The third-order valence-corrected chi connectivity index (χ3v) is 5.89. The quantitative estimate of drug-likeness (QED) is 0.756. The summed E-state index contributed by atoms with van der Waals surface area (Å²) in [5.74, 6) is -0.619. The highest BCUT2D eigenvalue weighted by Gasteiger charge is 2.53. The molecule has 3 rings (SSSR count). The van der Waals surface area contributed by atoms with Gasteiger partial charge in [0.1, 0.15) is 6.04 Å². The number of aliphatic carboxylic acids is 1. The number of ether oxygens (including phenoxy) is 1. The Kier molecular flexibility index (Phi) is 3.61. The number of carbonyl (C=O) groups is 3. The van der Waals surface area contributed by atoms with Crippen LogP contribution in [0.3, 0.4) is 0 Å². The molecule has 0 bridgehead atoms. The van der Waals surface area contributed by atoms with Crippen molar-refractivity contribution in [2.24, 2.45) is 0 Å². The molecule has 0 aromatic carbocycles. The minimum Gasteiger partial charge on any atom is -0.479 e. The summed E-state index contributed by atoms with van der Waals surface area (Å²) in [7, 11) is 0. The fourth-order valence-electron chi connectivity index (χ4n) is 3.21. The van der Waals surface area contributed by atoms with Gasteiger partial charge < -0.3 is 19.6 Å². The molecule has 3 atom stereocenters. The van der Waals surface area contributed by atoms with Crippen LogP contribution in [0, 0.1) is 0 Å². The smallest absolute Gasteiger partial charge is 0.334 e. The average molecular weight is 314 g/mol. The van der Waals surface area contributed by atoms with Crippen LogP contribution in [-0.2, 0) is 19.1 Å². The van der Waals surface area contributed by atoms with Crippen molar-refractivity contribution in [3.05, 3.63) is 0 Å². The molecule has 0 aromatic heterocycles. The van der Waals surface area contributed by atoms with Crippen molar-refractivity contribution in [2.75, 3.05) is 25.4 Å². The molecule has 1 N–H and O–H groups in total. The van der Waals surface area contributed by atoms with Gasteiger partial charge in [0.25, 0.3) is 0 Å². The predicted molar refractivity (Wildman–Crippen MR) is 74.7 cm³/mol. The molecule has 3 heterocycles. The van der Waals surface area contributed by atoms with Crippen LogP contribution in [0.2, 0.25) is 0 Å².